The molecule has 132 valence electrons. The summed E-state index contributed by atoms with van der Waals surface area (Å²) >= 11 is 0. The second kappa shape index (κ2) is 7.65. The first-order valence-corrected chi connectivity index (χ1v) is 8.10. The maximum Gasteiger partial charge on any atom is 0.375 e. The summed E-state index contributed by atoms with van der Waals surface area (Å²) in [5.41, 5.74) is 0.869. The van der Waals surface area contributed by atoms with Gasteiger partial charge in [0.2, 0.25) is 5.76 Å². The minimum Gasteiger partial charge on any atom is -0.449 e. The van der Waals surface area contributed by atoms with Crippen LogP contribution in [0.1, 0.15) is 23.0 Å². The van der Waals surface area contributed by atoms with Crippen LogP contribution in [0.5, 0.6) is 0 Å². The Bertz CT molecular complexity index is 994. The molecule has 0 aliphatic rings. The van der Waals surface area contributed by atoms with Crippen LogP contribution >= 0.6 is 0 Å². The molecule has 1 N–H and O–H groups in total. The van der Waals surface area contributed by atoms with Gasteiger partial charge in [0.25, 0.3) is 5.91 Å². The van der Waals surface area contributed by atoms with Crippen LogP contribution in [0.2, 0.25) is 0 Å². The van der Waals surface area contributed by atoms with E-state index in [0.717, 1.165) is 11.6 Å². The van der Waals surface area contributed by atoms with E-state index < -0.39 is 18.0 Å². The van der Waals surface area contributed by atoms with Gasteiger partial charge < -0.3 is 14.5 Å². The number of benzene rings is 2. The van der Waals surface area contributed by atoms with Gasteiger partial charge in [0.15, 0.2) is 11.5 Å². The Morgan fingerprint density at radius 1 is 1.08 bits per heavy atom. The van der Waals surface area contributed by atoms with Gasteiger partial charge in [-0.1, -0.05) is 42.5 Å². The molecule has 1 heterocycles. The number of rotatable bonds is 5. The predicted octanol–water partition coefficient (Wildman–Crippen LogP) is 2.65. The summed E-state index contributed by atoms with van der Waals surface area (Å²) < 4.78 is 10.5. The number of nitrogens with one attached hydrogen (secondary N) is 1. The number of para-hydroxylation sites is 1. The van der Waals surface area contributed by atoms with Crippen molar-refractivity contribution in [2.45, 2.75) is 19.6 Å². The van der Waals surface area contributed by atoms with Crippen LogP contribution in [0.25, 0.3) is 11.0 Å². The highest BCUT2D eigenvalue weighted by Crippen LogP contribution is 2.13. The van der Waals surface area contributed by atoms with E-state index in [1.807, 2.05) is 30.3 Å². The molecular weight excluding hydrogens is 334 g/mol. The highest BCUT2D eigenvalue weighted by Gasteiger charge is 2.21. The number of ether oxygens (including phenoxy) is 1. The first-order chi connectivity index (χ1) is 12.5. The van der Waals surface area contributed by atoms with Crippen molar-refractivity contribution in [3.63, 3.8) is 0 Å². The summed E-state index contributed by atoms with van der Waals surface area (Å²) in [5.74, 6) is -1.54. The molecule has 1 aromatic heterocycles. The molecule has 2 aromatic carbocycles. The molecule has 6 heteroatoms. The third-order valence-corrected chi connectivity index (χ3v) is 3.80. The number of carbonyl (C=O) groups is 2. The highest BCUT2D eigenvalue weighted by atomic mass is 16.6. The normalized spacial score (nSPS) is 11.7. The zero-order valence-electron chi connectivity index (χ0n) is 14.1. The third kappa shape index (κ3) is 3.97. The molecule has 26 heavy (non-hydrogen) atoms. The Balaban J connectivity index is 1.65. The van der Waals surface area contributed by atoms with Gasteiger partial charge in [0, 0.05) is 12.6 Å². The van der Waals surface area contributed by atoms with Gasteiger partial charge in [-0.2, -0.15) is 0 Å². The van der Waals surface area contributed by atoms with E-state index in [1.165, 1.54) is 6.92 Å². The zero-order chi connectivity index (χ0) is 18.5. The van der Waals surface area contributed by atoms with E-state index in [2.05, 4.69) is 5.32 Å². The molecule has 1 atom stereocenters. The Morgan fingerprint density at radius 2 is 1.77 bits per heavy atom. The van der Waals surface area contributed by atoms with Crippen LogP contribution in [0.3, 0.4) is 0 Å². The van der Waals surface area contributed by atoms with Crippen molar-refractivity contribution >= 4 is 22.8 Å². The average molecular weight is 351 g/mol. The molecule has 3 rings (SSSR count). The molecule has 0 saturated carbocycles. The number of esters is 1. The van der Waals surface area contributed by atoms with Gasteiger partial charge in [0.05, 0.1) is 5.39 Å². The lowest BCUT2D eigenvalue weighted by Crippen LogP contribution is -2.35. The van der Waals surface area contributed by atoms with Crippen LogP contribution in [-0.2, 0) is 16.1 Å². The monoisotopic (exact) mass is 351 g/mol. The second-order valence-corrected chi connectivity index (χ2v) is 5.72. The Morgan fingerprint density at radius 3 is 2.54 bits per heavy atom. The van der Waals surface area contributed by atoms with Crippen LogP contribution < -0.4 is 10.7 Å². The molecule has 0 bridgehead atoms. The average Bonchev–Trinajstić information content (AvgIpc) is 2.66. The quantitative estimate of drug-likeness (QED) is 0.714. The topological polar surface area (TPSA) is 85.6 Å². The summed E-state index contributed by atoms with van der Waals surface area (Å²) in [5, 5.41) is 3.06. The Hall–Kier alpha value is -3.41. The summed E-state index contributed by atoms with van der Waals surface area (Å²) in [4.78, 5) is 36.3. The minimum atomic E-state index is -1.03. The molecule has 1 amide bonds. The summed E-state index contributed by atoms with van der Waals surface area (Å²) in [6.07, 6.45) is -1.03. The van der Waals surface area contributed by atoms with Crippen LogP contribution in [0.4, 0.5) is 0 Å². The largest absolute Gasteiger partial charge is 0.449 e. The van der Waals surface area contributed by atoms with Crippen molar-refractivity contribution in [3.05, 3.63) is 82.2 Å². The lowest BCUT2D eigenvalue weighted by atomic mass is 10.2. The van der Waals surface area contributed by atoms with Gasteiger partial charge in [-0.25, -0.2) is 4.79 Å². The molecule has 6 nitrogen and oxygen atoms in total. The van der Waals surface area contributed by atoms with E-state index in [9.17, 15) is 14.4 Å². The van der Waals surface area contributed by atoms with E-state index >= 15 is 0 Å². The number of hydrogen-bond acceptors (Lipinski definition) is 5. The molecule has 0 aliphatic carbocycles. The highest BCUT2D eigenvalue weighted by molar-refractivity contribution is 5.91. The molecule has 0 saturated heterocycles. The van der Waals surface area contributed by atoms with E-state index in [-0.39, 0.29) is 16.8 Å². The number of amides is 1. The molecular formula is C20H17NO5. The second-order valence-electron chi connectivity index (χ2n) is 5.72. The van der Waals surface area contributed by atoms with Gasteiger partial charge >= 0.3 is 5.97 Å². The smallest absolute Gasteiger partial charge is 0.375 e. The number of fused-ring (bicyclic) bond motifs is 1. The first kappa shape index (κ1) is 17.4. The van der Waals surface area contributed by atoms with Gasteiger partial charge in [-0.05, 0) is 24.6 Å². The predicted molar refractivity (Wildman–Crippen MR) is 95.7 cm³/mol. The van der Waals surface area contributed by atoms with Crippen molar-refractivity contribution in [2.75, 3.05) is 0 Å². The van der Waals surface area contributed by atoms with Crippen molar-refractivity contribution in [3.8, 4) is 0 Å². The van der Waals surface area contributed by atoms with Gasteiger partial charge in [-0.3, -0.25) is 9.59 Å². The maximum atomic E-state index is 12.2. The van der Waals surface area contributed by atoms with Gasteiger partial charge in [-0.15, -0.1) is 0 Å². The fourth-order valence-electron chi connectivity index (χ4n) is 2.41. The van der Waals surface area contributed by atoms with Crippen LogP contribution in [-0.4, -0.2) is 18.0 Å². The van der Waals surface area contributed by atoms with Crippen LogP contribution in [0.15, 0.2) is 69.9 Å². The number of carbonyl (C=O) groups excluding carboxylic acids is 2. The fourth-order valence-corrected chi connectivity index (χ4v) is 2.41. The lowest BCUT2D eigenvalue weighted by Gasteiger charge is -2.13. The van der Waals surface area contributed by atoms with E-state index in [0.29, 0.717) is 11.9 Å². The molecule has 0 fully saturated rings. The minimum absolute atomic E-state index is 0.239. The summed E-state index contributed by atoms with van der Waals surface area (Å²) in [6, 6.07) is 17.0. The van der Waals surface area contributed by atoms with Crippen molar-refractivity contribution < 1.29 is 18.7 Å². The first-order valence-electron chi connectivity index (χ1n) is 8.10. The molecule has 0 unspecified atom stereocenters. The maximum absolute atomic E-state index is 12.2. The van der Waals surface area contributed by atoms with Gasteiger partial charge in [0.1, 0.15) is 5.58 Å². The standard InChI is InChI=1S/C20H17NO5/c1-13(19(23)21-12-14-7-3-2-4-8-14)25-20(24)18-11-16(22)15-9-5-6-10-17(15)26-18/h2-11,13H,12H2,1H3,(H,21,23)/t13-/m1/s1. The fraction of sp³-hybridized carbons (Fsp3) is 0.150. The summed E-state index contributed by atoms with van der Waals surface area (Å²) in [6.45, 7) is 1.78. The van der Waals surface area contributed by atoms with E-state index in [4.69, 9.17) is 9.15 Å². The molecule has 0 spiro atoms. The molecule has 3 aromatic rings. The molecule has 0 aliphatic heterocycles. The zero-order valence-corrected chi connectivity index (χ0v) is 14.1. The Kier molecular flexibility index (Phi) is 5.12. The third-order valence-electron chi connectivity index (χ3n) is 3.80. The molecule has 0 radical (unpaired) electrons. The SMILES string of the molecule is C[C@@H](OC(=O)c1cc(=O)c2ccccc2o1)C(=O)NCc1ccccc1. The summed E-state index contributed by atoms with van der Waals surface area (Å²) in [7, 11) is 0. The number of hydrogen-bond donors (Lipinski definition) is 1. The van der Waals surface area contributed by atoms with E-state index in [1.54, 1.807) is 24.3 Å². The van der Waals surface area contributed by atoms with Crippen molar-refractivity contribution in [1.82, 2.24) is 5.32 Å². The van der Waals surface area contributed by atoms with Crippen LogP contribution in [0, 0.1) is 0 Å². The Labute approximate surface area is 149 Å². The lowest BCUT2D eigenvalue weighted by molar-refractivity contribution is -0.129. The van der Waals surface area contributed by atoms with Crippen molar-refractivity contribution in [2.24, 2.45) is 0 Å². The van der Waals surface area contributed by atoms with Crippen molar-refractivity contribution in [1.29, 1.82) is 0 Å².